The quantitative estimate of drug-likeness (QED) is 0.740. The van der Waals surface area contributed by atoms with Gasteiger partial charge in [0, 0.05) is 18.3 Å². The highest BCUT2D eigenvalue weighted by Gasteiger charge is 2.43. The molecule has 8 atom stereocenters. The van der Waals surface area contributed by atoms with E-state index in [1.807, 2.05) is 0 Å². The Bertz CT molecular complexity index is 740. The summed E-state index contributed by atoms with van der Waals surface area (Å²) in [6, 6.07) is 3.78. The fourth-order valence-electron chi connectivity index (χ4n) is 7.26. The normalized spacial score (nSPS) is 35.9. The van der Waals surface area contributed by atoms with E-state index < -0.39 is 0 Å². The van der Waals surface area contributed by atoms with Crippen LogP contribution in [0.15, 0.2) is 18.3 Å². The molecule has 2 amide bonds. The van der Waals surface area contributed by atoms with Crippen molar-refractivity contribution in [3.63, 3.8) is 0 Å². The molecule has 4 bridgehead atoms. The first-order chi connectivity index (χ1) is 14.5. The number of hydrogen-bond acceptors (Lipinski definition) is 3. The van der Waals surface area contributed by atoms with Gasteiger partial charge in [0.25, 0.3) is 11.8 Å². The molecule has 1 heterocycles. The summed E-state index contributed by atoms with van der Waals surface area (Å²) in [5.41, 5.74) is 0.922. The average molecular weight is 410 g/mol. The third-order valence-corrected chi connectivity index (χ3v) is 8.85. The Morgan fingerprint density at radius 2 is 1.40 bits per heavy atom. The lowest BCUT2D eigenvalue weighted by atomic mass is 9.84. The zero-order valence-corrected chi connectivity index (χ0v) is 18.3. The summed E-state index contributed by atoms with van der Waals surface area (Å²) < 4.78 is 0. The van der Waals surface area contributed by atoms with E-state index in [4.69, 9.17) is 0 Å². The zero-order chi connectivity index (χ0) is 20.8. The van der Waals surface area contributed by atoms with Gasteiger partial charge in [0.1, 0.15) is 5.69 Å². The van der Waals surface area contributed by atoms with E-state index in [1.54, 1.807) is 18.3 Å². The summed E-state index contributed by atoms with van der Waals surface area (Å²) in [6.45, 7) is 4.26. The van der Waals surface area contributed by atoms with Gasteiger partial charge in [0.05, 0.1) is 5.56 Å². The fraction of sp³-hybridized carbons (Fsp3) is 0.720. The lowest BCUT2D eigenvalue weighted by Crippen LogP contribution is -2.41. The maximum atomic E-state index is 12.7. The van der Waals surface area contributed by atoms with Crippen LogP contribution in [0.4, 0.5) is 0 Å². The van der Waals surface area contributed by atoms with Crippen LogP contribution in [0.1, 0.15) is 86.1 Å². The van der Waals surface area contributed by atoms with Crippen molar-refractivity contribution in [2.45, 2.75) is 77.3 Å². The van der Waals surface area contributed by atoms with Crippen molar-refractivity contribution in [2.75, 3.05) is 0 Å². The van der Waals surface area contributed by atoms with Crippen molar-refractivity contribution < 1.29 is 9.59 Å². The smallest absolute Gasteiger partial charge is 0.270 e. The molecule has 0 spiro atoms. The van der Waals surface area contributed by atoms with Crippen molar-refractivity contribution in [2.24, 2.45) is 35.5 Å². The van der Waals surface area contributed by atoms with E-state index in [0.29, 0.717) is 23.1 Å². The molecular weight excluding hydrogens is 374 g/mol. The summed E-state index contributed by atoms with van der Waals surface area (Å²) in [5.74, 6) is 4.31. The van der Waals surface area contributed by atoms with E-state index in [2.05, 4.69) is 29.5 Å². The number of pyridine rings is 1. The second-order valence-corrected chi connectivity index (χ2v) is 10.6. The summed E-state index contributed by atoms with van der Waals surface area (Å²) in [7, 11) is 0. The van der Waals surface area contributed by atoms with Gasteiger partial charge in [-0.15, -0.1) is 0 Å². The van der Waals surface area contributed by atoms with Crippen LogP contribution < -0.4 is 10.6 Å². The first-order valence-corrected chi connectivity index (χ1v) is 12.1. The molecule has 1 aromatic heterocycles. The molecule has 5 rings (SSSR count). The number of nitrogens with one attached hydrogen (secondary N) is 2. The van der Waals surface area contributed by atoms with Gasteiger partial charge in [-0.25, -0.2) is 0 Å². The molecule has 0 aromatic carbocycles. The van der Waals surface area contributed by atoms with Gasteiger partial charge in [-0.05, 0) is 100 Å². The molecule has 4 aliphatic rings. The van der Waals surface area contributed by atoms with E-state index in [-0.39, 0.29) is 23.9 Å². The van der Waals surface area contributed by atoms with E-state index in [0.717, 1.165) is 23.7 Å². The minimum atomic E-state index is -0.132. The number of rotatable bonds is 6. The minimum absolute atomic E-state index is 0.0833. The van der Waals surface area contributed by atoms with Crippen LogP contribution >= 0.6 is 0 Å². The van der Waals surface area contributed by atoms with Crippen LogP contribution in [0.5, 0.6) is 0 Å². The molecule has 1 aromatic rings. The number of nitrogens with zero attached hydrogens (tertiary/aromatic N) is 1. The Labute approximate surface area is 179 Å². The molecule has 4 fully saturated rings. The summed E-state index contributed by atoms with van der Waals surface area (Å²) >= 11 is 0. The van der Waals surface area contributed by atoms with Crippen LogP contribution in [-0.4, -0.2) is 28.9 Å². The Kier molecular flexibility index (Phi) is 5.32. The number of aromatic nitrogens is 1. The maximum absolute atomic E-state index is 12.7. The fourth-order valence-corrected chi connectivity index (χ4v) is 7.26. The molecule has 162 valence electrons. The van der Waals surface area contributed by atoms with Crippen LogP contribution in [0, 0.1) is 35.5 Å². The van der Waals surface area contributed by atoms with E-state index in [9.17, 15) is 9.59 Å². The Balaban J connectivity index is 1.15. The van der Waals surface area contributed by atoms with Crippen molar-refractivity contribution in [1.82, 2.24) is 15.6 Å². The van der Waals surface area contributed by atoms with Gasteiger partial charge in [-0.2, -0.15) is 0 Å². The van der Waals surface area contributed by atoms with E-state index >= 15 is 0 Å². The molecule has 30 heavy (non-hydrogen) atoms. The number of hydrogen-bond donors (Lipinski definition) is 2. The molecule has 0 saturated heterocycles. The van der Waals surface area contributed by atoms with Crippen molar-refractivity contribution in [1.29, 1.82) is 0 Å². The Hall–Kier alpha value is -1.91. The first-order valence-electron chi connectivity index (χ1n) is 12.1. The van der Waals surface area contributed by atoms with E-state index in [1.165, 1.54) is 51.4 Å². The van der Waals surface area contributed by atoms with Gasteiger partial charge < -0.3 is 10.6 Å². The van der Waals surface area contributed by atoms with Crippen molar-refractivity contribution in [3.05, 3.63) is 29.6 Å². The second-order valence-electron chi connectivity index (χ2n) is 10.6. The van der Waals surface area contributed by atoms with Crippen LogP contribution in [0.2, 0.25) is 0 Å². The van der Waals surface area contributed by atoms with Gasteiger partial charge in [-0.1, -0.05) is 12.8 Å². The number of amides is 2. The van der Waals surface area contributed by atoms with Crippen LogP contribution in [0.25, 0.3) is 0 Å². The predicted octanol–water partition coefficient (Wildman–Crippen LogP) is 4.19. The van der Waals surface area contributed by atoms with Crippen molar-refractivity contribution in [3.8, 4) is 0 Å². The largest absolute Gasteiger partial charge is 0.349 e. The van der Waals surface area contributed by atoms with Crippen LogP contribution in [-0.2, 0) is 0 Å². The molecule has 0 unspecified atom stereocenters. The molecule has 0 aliphatic heterocycles. The Morgan fingerprint density at radius 3 is 1.83 bits per heavy atom. The zero-order valence-electron chi connectivity index (χ0n) is 18.3. The molecule has 2 N–H and O–H groups in total. The molecule has 4 saturated carbocycles. The van der Waals surface area contributed by atoms with Crippen molar-refractivity contribution >= 4 is 11.8 Å². The molecule has 5 nitrogen and oxygen atoms in total. The van der Waals surface area contributed by atoms with Gasteiger partial charge >= 0.3 is 0 Å². The topological polar surface area (TPSA) is 71.1 Å². The monoisotopic (exact) mass is 409 g/mol. The van der Waals surface area contributed by atoms with Gasteiger partial charge in [0.2, 0.25) is 0 Å². The minimum Gasteiger partial charge on any atom is -0.349 e. The molecule has 4 aliphatic carbocycles. The first kappa shape index (κ1) is 20.0. The van der Waals surface area contributed by atoms with Crippen LogP contribution in [0.3, 0.4) is 0 Å². The highest BCUT2D eigenvalue weighted by Crippen LogP contribution is 2.50. The average Bonchev–Trinajstić information content (AvgIpc) is 3.55. The standard InChI is InChI=1S/C25H35N3O2/c1-14(21-11-16-3-5-18(21)9-16)27-24(29)20-7-8-23(26-13-20)25(30)28-15(2)22-12-17-4-6-19(22)10-17/h7-8,13-19,21-22H,3-6,9-12H2,1-2H3,(H,27,29)(H,28,30)/t14-,15-,16-,17-,18-,19-,21+,22+/m1/s1. The molecular formula is C25H35N3O2. The predicted molar refractivity (Wildman–Crippen MR) is 116 cm³/mol. The number of carbonyl (C=O) groups is 2. The summed E-state index contributed by atoms with van der Waals surface area (Å²) in [6.07, 6.45) is 12.1. The van der Waals surface area contributed by atoms with Gasteiger partial charge in [-0.3, -0.25) is 14.6 Å². The molecule has 5 heteroatoms. The highest BCUT2D eigenvalue weighted by atomic mass is 16.2. The molecule has 0 radical (unpaired) electrons. The third-order valence-electron chi connectivity index (χ3n) is 8.85. The second kappa shape index (κ2) is 7.97. The summed E-state index contributed by atoms with van der Waals surface area (Å²) in [4.78, 5) is 29.6. The number of carbonyl (C=O) groups excluding carboxylic acids is 2. The SMILES string of the molecule is C[C@@H](NC(=O)c1ccc(C(=O)N[C@H](C)[C@@H]2C[C@@H]3CC[C@@H]2C3)nc1)[C@@H]1C[C@@H]2CC[C@@H]1C2. The third kappa shape index (κ3) is 3.76. The maximum Gasteiger partial charge on any atom is 0.270 e. The lowest BCUT2D eigenvalue weighted by molar-refractivity contribution is 0.0898. The highest BCUT2D eigenvalue weighted by molar-refractivity contribution is 5.96. The Morgan fingerprint density at radius 1 is 0.833 bits per heavy atom. The van der Waals surface area contributed by atoms with Gasteiger partial charge in [0.15, 0.2) is 0 Å². The lowest BCUT2D eigenvalue weighted by Gasteiger charge is -2.28. The summed E-state index contributed by atoms with van der Waals surface area (Å²) in [5, 5.41) is 6.33. The number of fused-ring (bicyclic) bond motifs is 4.